The first-order valence-corrected chi connectivity index (χ1v) is 4.91. The van der Waals surface area contributed by atoms with E-state index in [-0.39, 0.29) is 11.9 Å². The lowest BCUT2D eigenvalue weighted by Gasteiger charge is -2.21. The van der Waals surface area contributed by atoms with Gasteiger partial charge in [0.15, 0.2) is 0 Å². The van der Waals surface area contributed by atoms with Gasteiger partial charge in [0.1, 0.15) is 0 Å². The summed E-state index contributed by atoms with van der Waals surface area (Å²) in [6.45, 7) is 6.14. The fourth-order valence-electron chi connectivity index (χ4n) is 1.69. The second-order valence-electron chi connectivity index (χ2n) is 3.62. The van der Waals surface area contributed by atoms with Crippen molar-refractivity contribution in [3.63, 3.8) is 0 Å². The van der Waals surface area contributed by atoms with E-state index >= 15 is 0 Å². The molecule has 1 amide bonds. The number of nitrogens with zero attached hydrogens (tertiary/aromatic N) is 1. The van der Waals surface area contributed by atoms with Gasteiger partial charge in [0.05, 0.1) is 6.54 Å². The largest absolute Gasteiger partial charge is 0.355 e. The molecular formula is C9H19N3O. The number of amides is 1. The molecule has 76 valence electrons. The van der Waals surface area contributed by atoms with Gasteiger partial charge in [0.2, 0.25) is 5.91 Å². The topological polar surface area (TPSA) is 58.4 Å². The molecule has 0 aromatic carbocycles. The van der Waals surface area contributed by atoms with Crippen LogP contribution in [0.25, 0.3) is 0 Å². The van der Waals surface area contributed by atoms with Gasteiger partial charge in [-0.05, 0) is 20.3 Å². The molecule has 1 heterocycles. The molecule has 0 saturated carbocycles. The molecule has 0 spiro atoms. The number of nitrogens with one attached hydrogen (secondary N) is 1. The lowest BCUT2D eigenvalue weighted by molar-refractivity contribution is -0.122. The highest BCUT2D eigenvalue weighted by molar-refractivity contribution is 5.78. The number of carbonyl (C=O) groups excluding carboxylic acids is 1. The lowest BCUT2D eigenvalue weighted by atomic mass is 10.2. The number of hydrogen-bond acceptors (Lipinski definition) is 3. The van der Waals surface area contributed by atoms with Crippen LogP contribution in [0.4, 0.5) is 0 Å². The summed E-state index contributed by atoms with van der Waals surface area (Å²) in [6.07, 6.45) is 1.00. The second-order valence-corrected chi connectivity index (χ2v) is 3.62. The van der Waals surface area contributed by atoms with Crippen LogP contribution in [0.15, 0.2) is 0 Å². The van der Waals surface area contributed by atoms with Gasteiger partial charge in [0, 0.05) is 25.2 Å². The van der Waals surface area contributed by atoms with E-state index in [1.54, 1.807) is 0 Å². The zero-order valence-electron chi connectivity index (χ0n) is 8.42. The van der Waals surface area contributed by atoms with Gasteiger partial charge in [0.25, 0.3) is 0 Å². The first-order valence-electron chi connectivity index (χ1n) is 4.91. The molecule has 4 heteroatoms. The summed E-state index contributed by atoms with van der Waals surface area (Å²) in [5.74, 6) is 0.100. The second kappa shape index (κ2) is 4.58. The summed E-state index contributed by atoms with van der Waals surface area (Å²) in [6, 6.07) is 0.567. The Morgan fingerprint density at radius 1 is 1.69 bits per heavy atom. The highest BCUT2D eigenvalue weighted by atomic mass is 16.2. The Morgan fingerprint density at radius 2 is 2.38 bits per heavy atom. The van der Waals surface area contributed by atoms with Gasteiger partial charge in [-0.3, -0.25) is 9.69 Å². The van der Waals surface area contributed by atoms with Crippen LogP contribution in [0.5, 0.6) is 0 Å². The molecule has 2 unspecified atom stereocenters. The van der Waals surface area contributed by atoms with Crippen LogP contribution in [0.3, 0.4) is 0 Å². The molecule has 3 N–H and O–H groups in total. The SMILES string of the molecule is CCNC(=O)CN1CCC(N)C1C. The van der Waals surface area contributed by atoms with Gasteiger partial charge in [-0.15, -0.1) is 0 Å². The Morgan fingerprint density at radius 3 is 2.85 bits per heavy atom. The average Bonchev–Trinajstić information content (AvgIpc) is 2.37. The number of likely N-dealkylation sites (tertiary alicyclic amines) is 1. The van der Waals surface area contributed by atoms with Gasteiger partial charge < -0.3 is 11.1 Å². The van der Waals surface area contributed by atoms with E-state index < -0.39 is 0 Å². The molecule has 13 heavy (non-hydrogen) atoms. The summed E-state index contributed by atoms with van der Waals surface area (Å²) >= 11 is 0. The van der Waals surface area contributed by atoms with Crippen LogP contribution in [-0.4, -0.2) is 42.5 Å². The summed E-state index contributed by atoms with van der Waals surface area (Å²) in [7, 11) is 0. The zero-order chi connectivity index (χ0) is 9.84. The van der Waals surface area contributed by atoms with Crippen molar-refractivity contribution in [1.29, 1.82) is 0 Å². The van der Waals surface area contributed by atoms with Crippen molar-refractivity contribution in [3.05, 3.63) is 0 Å². The standard InChI is InChI=1S/C9H19N3O/c1-3-11-9(13)6-12-5-4-8(10)7(12)2/h7-8H,3-6,10H2,1-2H3,(H,11,13). The van der Waals surface area contributed by atoms with E-state index in [9.17, 15) is 4.79 Å². The molecule has 1 rings (SSSR count). The molecule has 2 atom stereocenters. The summed E-state index contributed by atoms with van der Waals surface area (Å²) in [5.41, 5.74) is 5.84. The Bertz CT molecular complexity index is 184. The number of nitrogens with two attached hydrogens (primary N) is 1. The zero-order valence-corrected chi connectivity index (χ0v) is 8.42. The molecule has 1 fully saturated rings. The van der Waals surface area contributed by atoms with Crippen LogP contribution < -0.4 is 11.1 Å². The predicted molar refractivity (Wildman–Crippen MR) is 52.3 cm³/mol. The normalized spacial score (nSPS) is 29.2. The van der Waals surface area contributed by atoms with Crippen molar-refractivity contribution in [2.24, 2.45) is 5.73 Å². The molecule has 1 aliphatic rings. The Kier molecular flexibility index (Phi) is 3.69. The van der Waals surface area contributed by atoms with Crippen LogP contribution in [0.2, 0.25) is 0 Å². The molecule has 1 saturated heterocycles. The number of rotatable bonds is 3. The Labute approximate surface area is 79.5 Å². The monoisotopic (exact) mass is 185 g/mol. The van der Waals surface area contributed by atoms with E-state index in [1.807, 2.05) is 6.92 Å². The van der Waals surface area contributed by atoms with Gasteiger partial charge in [-0.2, -0.15) is 0 Å². The highest BCUT2D eigenvalue weighted by Crippen LogP contribution is 2.14. The fraction of sp³-hybridized carbons (Fsp3) is 0.889. The maximum absolute atomic E-state index is 11.3. The van der Waals surface area contributed by atoms with E-state index in [2.05, 4.69) is 17.1 Å². The first-order chi connectivity index (χ1) is 6.15. The van der Waals surface area contributed by atoms with Crippen LogP contribution in [0.1, 0.15) is 20.3 Å². The average molecular weight is 185 g/mol. The fourth-order valence-corrected chi connectivity index (χ4v) is 1.69. The molecule has 0 radical (unpaired) electrons. The maximum atomic E-state index is 11.3. The van der Waals surface area contributed by atoms with Crippen molar-refractivity contribution in [3.8, 4) is 0 Å². The van der Waals surface area contributed by atoms with Crippen LogP contribution in [0, 0.1) is 0 Å². The first kappa shape index (κ1) is 10.5. The van der Waals surface area contributed by atoms with Crippen molar-refractivity contribution in [2.45, 2.75) is 32.4 Å². The molecule has 0 aliphatic carbocycles. The molecule has 0 aromatic rings. The van der Waals surface area contributed by atoms with Crippen molar-refractivity contribution in [1.82, 2.24) is 10.2 Å². The van der Waals surface area contributed by atoms with Crippen molar-refractivity contribution < 1.29 is 4.79 Å². The summed E-state index contributed by atoms with van der Waals surface area (Å²) in [5, 5.41) is 2.79. The van der Waals surface area contributed by atoms with Gasteiger partial charge in [-0.1, -0.05) is 0 Å². The lowest BCUT2D eigenvalue weighted by Crippen LogP contribution is -2.42. The minimum atomic E-state index is 0.100. The van der Waals surface area contributed by atoms with Gasteiger partial charge >= 0.3 is 0 Å². The predicted octanol–water partition coefficient (Wildman–Crippen LogP) is -0.456. The van der Waals surface area contributed by atoms with Crippen LogP contribution in [-0.2, 0) is 4.79 Å². The van der Waals surface area contributed by atoms with Crippen LogP contribution >= 0.6 is 0 Å². The quantitative estimate of drug-likeness (QED) is 0.626. The summed E-state index contributed by atoms with van der Waals surface area (Å²) < 4.78 is 0. The minimum absolute atomic E-state index is 0.100. The third-order valence-electron chi connectivity index (χ3n) is 2.67. The van der Waals surface area contributed by atoms with E-state index in [1.165, 1.54) is 0 Å². The molecular weight excluding hydrogens is 166 g/mol. The number of carbonyl (C=O) groups is 1. The number of likely N-dealkylation sites (N-methyl/N-ethyl adjacent to an activating group) is 1. The maximum Gasteiger partial charge on any atom is 0.234 e. The summed E-state index contributed by atoms with van der Waals surface area (Å²) in [4.78, 5) is 13.4. The molecule has 0 aromatic heterocycles. The van der Waals surface area contributed by atoms with E-state index in [0.717, 1.165) is 13.0 Å². The van der Waals surface area contributed by atoms with Crippen molar-refractivity contribution >= 4 is 5.91 Å². The van der Waals surface area contributed by atoms with Gasteiger partial charge in [-0.25, -0.2) is 0 Å². The molecule has 0 bridgehead atoms. The van der Waals surface area contributed by atoms with Crippen molar-refractivity contribution in [2.75, 3.05) is 19.6 Å². The van der Waals surface area contributed by atoms with E-state index in [4.69, 9.17) is 5.73 Å². The highest BCUT2D eigenvalue weighted by Gasteiger charge is 2.28. The molecule has 4 nitrogen and oxygen atoms in total. The smallest absolute Gasteiger partial charge is 0.234 e. The van der Waals surface area contributed by atoms with E-state index in [0.29, 0.717) is 19.1 Å². The minimum Gasteiger partial charge on any atom is -0.355 e. The Hall–Kier alpha value is -0.610. The number of hydrogen-bond donors (Lipinski definition) is 2. The molecule has 1 aliphatic heterocycles. The third-order valence-corrected chi connectivity index (χ3v) is 2.67. The Balaban J connectivity index is 2.33. The third kappa shape index (κ3) is 2.67.